The number of rotatable bonds is 9. The van der Waals surface area contributed by atoms with Crippen LogP contribution in [0.1, 0.15) is 67.9 Å². The first-order chi connectivity index (χ1) is 20.5. The number of hydrogen-bond donors (Lipinski definition) is 2. The fourth-order valence-electron chi connectivity index (χ4n) is 7.19. The molecule has 1 aromatic heterocycles. The van der Waals surface area contributed by atoms with Gasteiger partial charge in [-0.15, -0.1) is 0 Å². The van der Waals surface area contributed by atoms with E-state index in [1.807, 2.05) is 36.4 Å². The van der Waals surface area contributed by atoms with Gasteiger partial charge in [-0.2, -0.15) is 5.10 Å². The van der Waals surface area contributed by atoms with Crippen LogP contribution in [0.2, 0.25) is 0 Å². The van der Waals surface area contributed by atoms with Gasteiger partial charge in [0.25, 0.3) is 5.91 Å². The Labute approximate surface area is 247 Å². The van der Waals surface area contributed by atoms with Crippen LogP contribution in [0.3, 0.4) is 0 Å². The number of nitrogens with zero attached hydrogens (tertiary/aromatic N) is 2. The predicted octanol–water partition coefficient (Wildman–Crippen LogP) is 6.52. The lowest BCUT2D eigenvalue weighted by atomic mass is 9.96. The topological polar surface area (TPSA) is 79.5 Å². The standard InChI is InChI=1S/C35H40N4O3/c1-22(2)16-33(23-6-4-3-5-7-23)36-35(40)25-10-15-32-31(17-25)34(38-37-32)24-8-13-29(14-9-24)42-30-18-26-11-12-27(19-30)39(26)28-20-41-21-28/h3-10,13-15,17,22,26-28,30,33H,11-12,16,18-21H2,1-2H3,(H,36,40)(H,37,38)/t26-,27+,30-,33?. The smallest absolute Gasteiger partial charge is 0.251 e. The fraction of sp³-hybridized carbons (Fsp3) is 0.429. The maximum atomic E-state index is 13.4. The zero-order valence-corrected chi connectivity index (χ0v) is 24.5. The molecule has 42 heavy (non-hydrogen) atoms. The Morgan fingerprint density at radius 1 is 1.00 bits per heavy atom. The van der Waals surface area contributed by atoms with Gasteiger partial charge in [0.1, 0.15) is 11.9 Å². The van der Waals surface area contributed by atoms with Crippen LogP contribution in [0.25, 0.3) is 22.2 Å². The van der Waals surface area contributed by atoms with Gasteiger partial charge in [-0.25, -0.2) is 0 Å². The predicted molar refractivity (Wildman–Crippen MR) is 165 cm³/mol. The number of piperidine rings is 1. The van der Waals surface area contributed by atoms with Crippen molar-refractivity contribution in [1.82, 2.24) is 20.4 Å². The Morgan fingerprint density at radius 2 is 1.74 bits per heavy atom. The molecule has 7 rings (SSSR count). The van der Waals surface area contributed by atoms with Crippen molar-refractivity contribution in [1.29, 1.82) is 0 Å². The van der Waals surface area contributed by atoms with Gasteiger partial charge < -0.3 is 14.8 Å². The number of fused-ring (bicyclic) bond motifs is 3. The number of nitrogens with one attached hydrogen (secondary N) is 2. The summed E-state index contributed by atoms with van der Waals surface area (Å²) in [5, 5.41) is 12.0. The molecule has 0 saturated carbocycles. The van der Waals surface area contributed by atoms with Crippen molar-refractivity contribution < 1.29 is 14.3 Å². The average Bonchev–Trinajstić information content (AvgIpc) is 3.49. The van der Waals surface area contributed by atoms with Crippen molar-refractivity contribution >= 4 is 16.8 Å². The third-order valence-corrected chi connectivity index (χ3v) is 9.26. The normalized spacial score (nSPS) is 23.2. The van der Waals surface area contributed by atoms with E-state index in [9.17, 15) is 4.79 Å². The monoisotopic (exact) mass is 564 g/mol. The number of H-pyrrole nitrogens is 1. The van der Waals surface area contributed by atoms with Crippen LogP contribution in [0.4, 0.5) is 0 Å². The Kier molecular flexibility index (Phi) is 7.46. The zero-order chi connectivity index (χ0) is 28.6. The lowest BCUT2D eigenvalue weighted by molar-refractivity contribution is -0.102. The van der Waals surface area contributed by atoms with Gasteiger partial charge in [-0.05, 0) is 86.1 Å². The highest BCUT2D eigenvalue weighted by Gasteiger charge is 2.46. The Bertz CT molecular complexity index is 1520. The maximum Gasteiger partial charge on any atom is 0.251 e. The Morgan fingerprint density at radius 3 is 2.40 bits per heavy atom. The Balaban J connectivity index is 1.05. The Hall–Kier alpha value is -3.68. The summed E-state index contributed by atoms with van der Waals surface area (Å²) in [6, 6.07) is 26.0. The van der Waals surface area contributed by atoms with Crippen LogP contribution >= 0.6 is 0 Å². The molecule has 3 aromatic carbocycles. The van der Waals surface area contributed by atoms with Crippen molar-refractivity contribution in [2.75, 3.05) is 13.2 Å². The van der Waals surface area contributed by atoms with E-state index in [1.54, 1.807) is 0 Å². The molecule has 4 aromatic rings. The number of benzene rings is 3. The van der Waals surface area contributed by atoms with E-state index in [0.717, 1.165) is 65.9 Å². The summed E-state index contributed by atoms with van der Waals surface area (Å²) in [7, 11) is 0. The summed E-state index contributed by atoms with van der Waals surface area (Å²) in [4.78, 5) is 16.1. The molecule has 2 bridgehead atoms. The number of hydrogen-bond acceptors (Lipinski definition) is 5. The van der Waals surface area contributed by atoms with Crippen molar-refractivity contribution in [2.45, 2.75) is 76.2 Å². The second-order valence-corrected chi connectivity index (χ2v) is 12.7. The molecule has 4 atom stereocenters. The average molecular weight is 565 g/mol. The molecule has 3 aliphatic rings. The second kappa shape index (κ2) is 11.5. The number of aromatic nitrogens is 2. The van der Waals surface area contributed by atoms with E-state index in [2.05, 4.69) is 70.7 Å². The van der Waals surface area contributed by atoms with Gasteiger partial charge in [0.2, 0.25) is 0 Å². The second-order valence-electron chi connectivity index (χ2n) is 12.7. The fourth-order valence-corrected chi connectivity index (χ4v) is 7.19. The number of carbonyl (C=O) groups excluding carboxylic acids is 1. The highest BCUT2D eigenvalue weighted by Crippen LogP contribution is 2.40. The molecule has 1 amide bonds. The molecule has 0 aliphatic carbocycles. The minimum absolute atomic E-state index is 0.0413. The first-order valence-corrected chi connectivity index (χ1v) is 15.5. The van der Waals surface area contributed by atoms with Crippen LogP contribution in [-0.4, -0.2) is 58.4 Å². The van der Waals surface area contributed by atoms with E-state index in [4.69, 9.17) is 9.47 Å². The van der Waals surface area contributed by atoms with E-state index in [0.29, 0.717) is 29.6 Å². The summed E-state index contributed by atoms with van der Waals surface area (Å²) in [5.41, 5.74) is 4.49. The molecular formula is C35H40N4O3. The highest BCUT2D eigenvalue weighted by atomic mass is 16.5. The molecule has 2 N–H and O–H groups in total. The minimum Gasteiger partial charge on any atom is -0.490 e. The van der Waals surface area contributed by atoms with Gasteiger partial charge >= 0.3 is 0 Å². The summed E-state index contributed by atoms with van der Waals surface area (Å²) >= 11 is 0. The van der Waals surface area contributed by atoms with Crippen molar-refractivity contribution in [2.24, 2.45) is 5.92 Å². The maximum absolute atomic E-state index is 13.4. The lowest BCUT2D eigenvalue weighted by Crippen LogP contribution is -2.57. The summed E-state index contributed by atoms with van der Waals surface area (Å²) in [6.07, 6.45) is 5.86. The van der Waals surface area contributed by atoms with Gasteiger partial charge in [0.05, 0.1) is 36.5 Å². The van der Waals surface area contributed by atoms with Gasteiger partial charge in [0.15, 0.2) is 0 Å². The zero-order valence-electron chi connectivity index (χ0n) is 24.5. The number of aromatic amines is 1. The van der Waals surface area contributed by atoms with Crippen molar-refractivity contribution in [3.8, 4) is 17.0 Å². The van der Waals surface area contributed by atoms with Crippen LogP contribution < -0.4 is 10.1 Å². The summed E-state index contributed by atoms with van der Waals surface area (Å²) in [5.74, 6) is 1.28. The van der Waals surface area contributed by atoms with E-state index >= 15 is 0 Å². The van der Waals surface area contributed by atoms with Crippen molar-refractivity contribution in [3.05, 3.63) is 83.9 Å². The molecule has 1 unspecified atom stereocenters. The molecule has 0 spiro atoms. The molecule has 0 radical (unpaired) electrons. The number of ether oxygens (including phenoxy) is 2. The van der Waals surface area contributed by atoms with Gasteiger partial charge in [-0.1, -0.05) is 44.2 Å². The molecule has 4 heterocycles. The van der Waals surface area contributed by atoms with Gasteiger partial charge in [0, 0.05) is 28.6 Å². The molecule has 3 fully saturated rings. The number of amides is 1. The molecule has 7 heteroatoms. The van der Waals surface area contributed by atoms with E-state index in [1.165, 1.54) is 12.8 Å². The molecule has 3 saturated heterocycles. The summed E-state index contributed by atoms with van der Waals surface area (Å²) in [6.45, 7) is 6.14. The molecule has 218 valence electrons. The van der Waals surface area contributed by atoms with Crippen LogP contribution in [0, 0.1) is 5.92 Å². The largest absolute Gasteiger partial charge is 0.490 e. The third kappa shape index (κ3) is 5.43. The summed E-state index contributed by atoms with van der Waals surface area (Å²) < 4.78 is 12.0. The molecule has 7 nitrogen and oxygen atoms in total. The molecular weight excluding hydrogens is 524 g/mol. The SMILES string of the molecule is CC(C)CC(NC(=O)c1ccc2[nH]nc(-c3ccc(O[C@@H]4C[C@H]5CC[C@@H](C4)N5C4COC4)cc3)c2c1)c1ccccc1. The lowest BCUT2D eigenvalue weighted by Gasteiger charge is -2.46. The van der Waals surface area contributed by atoms with Crippen LogP contribution in [0.5, 0.6) is 5.75 Å². The third-order valence-electron chi connectivity index (χ3n) is 9.26. The van der Waals surface area contributed by atoms with Crippen molar-refractivity contribution in [3.63, 3.8) is 0 Å². The highest BCUT2D eigenvalue weighted by molar-refractivity contribution is 6.01. The van der Waals surface area contributed by atoms with Gasteiger partial charge in [-0.3, -0.25) is 14.8 Å². The first kappa shape index (κ1) is 27.2. The first-order valence-electron chi connectivity index (χ1n) is 15.5. The van der Waals surface area contributed by atoms with Crippen LogP contribution in [0.15, 0.2) is 72.8 Å². The van der Waals surface area contributed by atoms with E-state index in [-0.39, 0.29) is 18.1 Å². The quantitative estimate of drug-likeness (QED) is 0.242. The van der Waals surface area contributed by atoms with E-state index < -0.39 is 0 Å². The molecule has 3 aliphatic heterocycles. The number of carbonyl (C=O) groups is 1. The minimum atomic E-state index is -0.0767. The van der Waals surface area contributed by atoms with Crippen LogP contribution in [-0.2, 0) is 4.74 Å².